The van der Waals surface area contributed by atoms with Gasteiger partial charge in [-0.1, -0.05) is 33.6 Å². The first-order valence-electron chi connectivity index (χ1n) is 11.1. The van der Waals surface area contributed by atoms with Gasteiger partial charge in [-0.2, -0.15) is 0 Å². The number of nitrogens with one attached hydrogen (secondary N) is 1. The maximum absolute atomic E-state index is 11.8. The third-order valence-corrected chi connectivity index (χ3v) is 9.33. The number of rotatable bonds is 5. The Balaban J connectivity index is 1.71. The molecule has 0 aromatic heterocycles. The van der Waals surface area contributed by atoms with Crippen LogP contribution in [0.15, 0.2) is 4.99 Å². The molecule has 3 rings (SSSR count). The van der Waals surface area contributed by atoms with Crippen LogP contribution in [0.2, 0.25) is 0 Å². The van der Waals surface area contributed by atoms with E-state index in [1.54, 1.807) is 0 Å². The van der Waals surface area contributed by atoms with Gasteiger partial charge in [-0.3, -0.25) is 4.99 Å². The number of nitrogens with zero attached hydrogens (tertiary/aromatic N) is 2. The van der Waals surface area contributed by atoms with E-state index >= 15 is 0 Å². The van der Waals surface area contributed by atoms with Crippen LogP contribution in [0.3, 0.4) is 0 Å². The minimum absolute atomic E-state index is 0.195. The highest BCUT2D eigenvalue weighted by atomic mass is 32.2. The average Bonchev–Trinajstić information content (AvgIpc) is 3.24. The molecule has 0 aromatic rings. The fourth-order valence-electron chi connectivity index (χ4n) is 5.11. The minimum Gasteiger partial charge on any atom is -0.353 e. The van der Waals surface area contributed by atoms with Crippen molar-refractivity contribution in [1.82, 2.24) is 10.2 Å². The highest BCUT2D eigenvalue weighted by molar-refractivity contribution is 7.91. The van der Waals surface area contributed by atoms with Gasteiger partial charge in [0.2, 0.25) is 0 Å². The van der Waals surface area contributed by atoms with Crippen molar-refractivity contribution in [3.8, 4) is 0 Å². The highest BCUT2D eigenvalue weighted by Gasteiger charge is 2.37. The zero-order valence-electron chi connectivity index (χ0n) is 17.5. The van der Waals surface area contributed by atoms with E-state index in [1.165, 1.54) is 44.9 Å². The lowest BCUT2D eigenvalue weighted by molar-refractivity contribution is 0.267. The zero-order chi connectivity index (χ0) is 19.5. The van der Waals surface area contributed by atoms with Crippen molar-refractivity contribution >= 4 is 15.8 Å². The van der Waals surface area contributed by atoms with E-state index in [0.29, 0.717) is 35.4 Å². The Morgan fingerprint density at radius 3 is 2.52 bits per heavy atom. The summed E-state index contributed by atoms with van der Waals surface area (Å²) in [5, 5.41) is 3.80. The second-order valence-corrected chi connectivity index (χ2v) is 11.6. The molecule has 6 heteroatoms. The summed E-state index contributed by atoms with van der Waals surface area (Å²) in [6.07, 6.45) is 9.58. The van der Waals surface area contributed by atoms with E-state index in [9.17, 15) is 8.42 Å². The molecule has 1 aliphatic carbocycles. The van der Waals surface area contributed by atoms with Gasteiger partial charge in [0.1, 0.15) is 0 Å². The topological polar surface area (TPSA) is 61.8 Å². The second kappa shape index (κ2) is 8.71. The van der Waals surface area contributed by atoms with Crippen molar-refractivity contribution in [3.05, 3.63) is 0 Å². The molecule has 156 valence electrons. The van der Waals surface area contributed by atoms with Crippen molar-refractivity contribution < 1.29 is 8.42 Å². The van der Waals surface area contributed by atoms with E-state index in [0.717, 1.165) is 25.5 Å². The van der Waals surface area contributed by atoms with Crippen LogP contribution in [0, 0.1) is 17.3 Å². The molecule has 1 saturated carbocycles. The van der Waals surface area contributed by atoms with Crippen LogP contribution in [0.4, 0.5) is 0 Å². The summed E-state index contributed by atoms with van der Waals surface area (Å²) in [7, 11) is -2.83. The molecule has 2 heterocycles. The molecular formula is C21H39N3O2S. The number of hydrogen-bond acceptors (Lipinski definition) is 3. The van der Waals surface area contributed by atoms with Gasteiger partial charge in [-0.25, -0.2) is 8.42 Å². The third-order valence-electron chi connectivity index (χ3n) is 7.49. The molecular weight excluding hydrogens is 358 g/mol. The van der Waals surface area contributed by atoms with Crippen molar-refractivity contribution in [2.24, 2.45) is 22.2 Å². The zero-order valence-corrected chi connectivity index (χ0v) is 18.4. The molecule has 0 radical (unpaired) electrons. The Labute approximate surface area is 166 Å². The maximum Gasteiger partial charge on any atom is 0.194 e. The number of guanidine groups is 1. The van der Waals surface area contributed by atoms with E-state index < -0.39 is 9.84 Å². The number of aliphatic imine (C=N–C) groups is 1. The summed E-state index contributed by atoms with van der Waals surface area (Å²) in [5.41, 5.74) is 0.414. The largest absolute Gasteiger partial charge is 0.353 e. The fraction of sp³-hybridized carbons (Fsp3) is 0.952. The molecule has 27 heavy (non-hydrogen) atoms. The van der Waals surface area contributed by atoms with Crippen molar-refractivity contribution in [3.63, 3.8) is 0 Å². The standard InChI is InChI=1S/C21H39N3O2S/c1-4-21(5-2)11-12-24(16-21)20(23-19-9-7-6-8-17(19)3)22-14-18-10-13-27(25,26)15-18/h17-19H,4-16H2,1-3H3,(H,22,23). The van der Waals surface area contributed by atoms with Crippen LogP contribution in [0.25, 0.3) is 0 Å². The predicted octanol–water partition coefficient (Wildman–Crippen LogP) is 3.46. The van der Waals surface area contributed by atoms with Crippen LogP contribution < -0.4 is 5.32 Å². The highest BCUT2D eigenvalue weighted by Crippen LogP contribution is 2.37. The first kappa shape index (κ1) is 20.9. The van der Waals surface area contributed by atoms with Gasteiger partial charge in [-0.05, 0) is 55.8 Å². The van der Waals surface area contributed by atoms with Gasteiger partial charge in [-0.15, -0.1) is 0 Å². The Morgan fingerprint density at radius 1 is 1.19 bits per heavy atom. The van der Waals surface area contributed by atoms with E-state index in [1.807, 2.05) is 0 Å². The summed E-state index contributed by atoms with van der Waals surface area (Å²) in [6.45, 7) is 9.76. The summed E-state index contributed by atoms with van der Waals surface area (Å²) < 4.78 is 23.6. The predicted molar refractivity (Wildman–Crippen MR) is 113 cm³/mol. The number of sulfone groups is 1. The smallest absolute Gasteiger partial charge is 0.194 e. The second-order valence-electron chi connectivity index (χ2n) is 9.32. The summed E-state index contributed by atoms with van der Waals surface area (Å²) in [4.78, 5) is 7.44. The number of likely N-dealkylation sites (tertiary alicyclic amines) is 1. The first-order chi connectivity index (χ1) is 12.9. The lowest BCUT2D eigenvalue weighted by atomic mass is 9.82. The van der Waals surface area contributed by atoms with Crippen LogP contribution in [-0.4, -0.2) is 56.5 Å². The van der Waals surface area contributed by atoms with E-state index in [2.05, 4.69) is 31.0 Å². The monoisotopic (exact) mass is 397 g/mol. The van der Waals surface area contributed by atoms with Crippen molar-refractivity contribution in [2.45, 2.75) is 78.2 Å². The SMILES string of the molecule is CCC1(CC)CCN(C(=NCC2CCS(=O)(=O)C2)NC2CCCCC2C)C1. The molecule has 0 bridgehead atoms. The lowest BCUT2D eigenvalue weighted by Gasteiger charge is -2.34. The normalized spacial score (nSPS) is 33.4. The molecule has 3 aliphatic rings. The molecule has 2 saturated heterocycles. The average molecular weight is 398 g/mol. The third kappa shape index (κ3) is 5.18. The molecule has 5 nitrogen and oxygen atoms in total. The summed E-state index contributed by atoms with van der Waals surface area (Å²) in [6, 6.07) is 0.503. The van der Waals surface area contributed by atoms with Gasteiger partial charge in [0.25, 0.3) is 0 Å². The Hall–Kier alpha value is -0.780. The molecule has 3 unspecified atom stereocenters. The summed E-state index contributed by atoms with van der Waals surface area (Å²) >= 11 is 0. The molecule has 0 spiro atoms. The molecule has 3 atom stereocenters. The Kier molecular flexibility index (Phi) is 6.75. The Bertz CT molecular complexity index is 627. The van der Waals surface area contributed by atoms with Gasteiger partial charge in [0, 0.05) is 25.7 Å². The fourth-order valence-corrected chi connectivity index (χ4v) is 6.96. The van der Waals surface area contributed by atoms with Crippen LogP contribution in [-0.2, 0) is 9.84 Å². The van der Waals surface area contributed by atoms with E-state index in [4.69, 9.17) is 4.99 Å². The molecule has 0 amide bonds. The maximum atomic E-state index is 11.8. The van der Waals surface area contributed by atoms with Crippen molar-refractivity contribution in [1.29, 1.82) is 0 Å². The van der Waals surface area contributed by atoms with Crippen LogP contribution in [0.5, 0.6) is 0 Å². The van der Waals surface area contributed by atoms with Gasteiger partial charge in [0.05, 0.1) is 11.5 Å². The van der Waals surface area contributed by atoms with Gasteiger partial charge >= 0.3 is 0 Å². The van der Waals surface area contributed by atoms with E-state index in [-0.39, 0.29) is 5.92 Å². The molecule has 2 aliphatic heterocycles. The summed E-state index contributed by atoms with van der Waals surface area (Å²) in [5.74, 6) is 2.58. The lowest BCUT2D eigenvalue weighted by Crippen LogP contribution is -2.49. The molecule has 3 fully saturated rings. The Morgan fingerprint density at radius 2 is 1.93 bits per heavy atom. The molecule has 1 N–H and O–H groups in total. The quantitative estimate of drug-likeness (QED) is 0.570. The first-order valence-corrected chi connectivity index (χ1v) is 12.9. The van der Waals surface area contributed by atoms with Crippen LogP contribution in [0.1, 0.15) is 72.1 Å². The molecule has 0 aromatic carbocycles. The van der Waals surface area contributed by atoms with Gasteiger partial charge in [0.15, 0.2) is 15.8 Å². The van der Waals surface area contributed by atoms with Crippen molar-refractivity contribution in [2.75, 3.05) is 31.1 Å². The van der Waals surface area contributed by atoms with Crippen LogP contribution >= 0.6 is 0 Å². The minimum atomic E-state index is -2.83. The van der Waals surface area contributed by atoms with Gasteiger partial charge < -0.3 is 10.2 Å². The number of hydrogen-bond donors (Lipinski definition) is 1.